The quantitative estimate of drug-likeness (QED) is 0.0631. The second-order valence-electron chi connectivity index (χ2n) is 15.0. The van der Waals surface area contributed by atoms with Crippen molar-refractivity contribution in [3.05, 3.63) is 102 Å². The normalized spacial score (nSPS) is 22.5. The molecule has 6 rings (SSSR count). The minimum atomic E-state index is -0.795. The molecule has 0 heterocycles. The largest absolute Gasteiger partial charge is 0.451 e. The van der Waals surface area contributed by atoms with Crippen LogP contribution in [0.25, 0.3) is 11.1 Å². The average molecular weight is 741 g/mol. The second-order valence-corrected chi connectivity index (χ2v) is 15.0. The number of terminal acetylenes is 2. The molecule has 284 valence electrons. The number of esters is 4. The van der Waals surface area contributed by atoms with E-state index in [4.69, 9.17) is 31.8 Å². The summed E-state index contributed by atoms with van der Waals surface area (Å²) in [5, 5.41) is 0. The number of benzene rings is 3. The standard InChI is InChI=1S/C47H48O8/c1-4-32-12-14-35(15-13-32)36-20-23-41(24-21-36)47(28-26-37(27-29-47)34-10-8-7-9-11-34)55-46(51)40-22-25-42(33(5-2)30-40)54-45(50)39-18-16-38(17-19-39)44(49)53-31-52-43(48)6-3/h1-2,6,12-15,20-25,30,34,37-39H,3,7-11,16-19,26-29,31H2. The van der Waals surface area contributed by atoms with E-state index < -0.39 is 48.1 Å². The van der Waals surface area contributed by atoms with Crippen LogP contribution in [0, 0.1) is 48.4 Å². The first-order chi connectivity index (χ1) is 26.7. The van der Waals surface area contributed by atoms with Crippen LogP contribution in [0.2, 0.25) is 0 Å². The third-order valence-electron chi connectivity index (χ3n) is 11.8. The van der Waals surface area contributed by atoms with Crippen LogP contribution in [0.4, 0.5) is 0 Å². The lowest BCUT2D eigenvalue weighted by molar-refractivity contribution is -0.169. The molecule has 0 aromatic heterocycles. The SMILES string of the molecule is C#Cc1ccc(-c2ccc(C3(OC(=O)c4ccc(OC(=O)C5CCC(C(=O)OCOC(=O)C=C)CC5)c(C#C)c4)CCC(C4CCCCC4)CC3)cc2)cc1. The Morgan fingerprint density at radius 3 is 1.91 bits per heavy atom. The molecule has 3 aliphatic rings. The monoisotopic (exact) mass is 740 g/mol. The fourth-order valence-corrected chi connectivity index (χ4v) is 8.53. The molecule has 3 fully saturated rings. The summed E-state index contributed by atoms with van der Waals surface area (Å²) in [6.07, 6.45) is 24.0. The maximum atomic E-state index is 14.0. The molecule has 3 aliphatic carbocycles. The van der Waals surface area contributed by atoms with Gasteiger partial charge >= 0.3 is 23.9 Å². The van der Waals surface area contributed by atoms with Crippen molar-refractivity contribution in [2.24, 2.45) is 23.7 Å². The Hall–Kier alpha value is -5.60. The minimum absolute atomic E-state index is 0.184. The molecular formula is C47H48O8. The van der Waals surface area contributed by atoms with E-state index in [1.807, 2.05) is 24.3 Å². The van der Waals surface area contributed by atoms with Gasteiger partial charge in [-0.2, -0.15) is 0 Å². The molecule has 0 aliphatic heterocycles. The summed E-state index contributed by atoms with van der Waals surface area (Å²) < 4.78 is 22.0. The van der Waals surface area contributed by atoms with Crippen molar-refractivity contribution >= 4 is 23.9 Å². The van der Waals surface area contributed by atoms with Crippen LogP contribution in [0.1, 0.15) is 111 Å². The van der Waals surface area contributed by atoms with E-state index in [2.05, 4.69) is 42.7 Å². The van der Waals surface area contributed by atoms with E-state index >= 15 is 0 Å². The number of carbonyl (C=O) groups is 4. The summed E-state index contributed by atoms with van der Waals surface area (Å²) in [7, 11) is 0. The van der Waals surface area contributed by atoms with E-state index in [1.165, 1.54) is 32.1 Å². The topological polar surface area (TPSA) is 105 Å². The molecule has 8 nitrogen and oxygen atoms in total. The van der Waals surface area contributed by atoms with Crippen molar-refractivity contribution in [2.45, 2.75) is 89.1 Å². The number of ether oxygens (including phenoxy) is 4. The van der Waals surface area contributed by atoms with Gasteiger partial charge in [0, 0.05) is 11.6 Å². The molecule has 0 radical (unpaired) electrons. The third-order valence-corrected chi connectivity index (χ3v) is 11.8. The van der Waals surface area contributed by atoms with Gasteiger partial charge in [-0.3, -0.25) is 9.59 Å². The molecule has 0 amide bonds. The summed E-state index contributed by atoms with van der Waals surface area (Å²) in [5.41, 5.74) is 3.65. The molecule has 55 heavy (non-hydrogen) atoms. The summed E-state index contributed by atoms with van der Waals surface area (Å²) in [4.78, 5) is 50.7. The predicted octanol–water partition coefficient (Wildman–Crippen LogP) is 9.08. The van der Waals surface area contributed by atoms with E-state index in [0.29, 0.717) is 31.6 Å². The van der Waals surface area contributed by atoms with Crippen molar-refractivity contribution in [2.75, 3.05) is 6.79 Å². The highest BCUT2D eigenvalue weighted by atomic mass is 16.7. The van der Waals surface area contributed by atoms with Gasteiger partial charge in [-0.25, -0.2) is 9.59 Å². The zero-order valence-electron chi connectivity index (χ0n) is 31.3. The van der Waals surface area contributed by atoms with Crippen LogP contribution in [0.3, 0.4) is 0 Å². The van der Waals surface area contributed by atoms with Crippen LogP contribution in [-0.4, -0.2) is 30.7 Å². The van der Waals surface area contributed by atoms with Crippen LogP contribution < -0.4 is 4.74 Å². The highest BCUT2D eigenvalue weighted by molar-refractivity contribution is 5.91. The van der Waals surface area contributed by atoms with Gasteiger partial charge in [0.15, 0.2) is 0 Å². The lowest BCUT2D eigenvalue weighted by atomic mass is 9.68. The maximum absolute atomic E-state index is 14.0. The zero-order chi connectivity index (χ0) is 38.8. The third kappa shape index (κ3) is 9.56. The molecule has 0 bridgehead atoms. The van der Waals surface area contributed by atoms with Gasteiger partial charge in [0.05, 0.1) is 23.0 Å². The van der Waals surface area contributed by atoms with Gasteiger partial charge < -0.3 is 18.9 Å². The van der Waals surface area contributed by atoms with Gasteiger partial charge in [0.1, 0.15) is 11.4 Å². The molecule has 3 aromatic carbocycles. The number of rotatable bonds is 11. The Kier molecular flexibility index (Phi) is 12.9. The highest BCUT2D eigenvalue weighted by Crippen LogP contribution is 2.48. The molecule has 3 aromatic rings. The Bertz CT molecular complexity index is 1940. The summed E-state index contributed by atoms with van der Waals surface area (Å²) in [5.74, 6) is 3.82. The molecule has 0 unspecified atom stereocenters. The minimum Gasteiger partial charge on any atom is -0.451 e. The van der Waals surface area contributed by atoms with E-state index in [1.54, 1.807) is 18.2 Å². The highest BCUT2D eigenvalue weighted by Gasteiger charge is 2.42. The van der Waals surface area contributed by atoms with E-state index in [9.17, 15) is 19.2 Å². The number of hydrogen-bond acceptors (Lipinski definition) is 8. The lowest BCUT2D eigenvalue weighted by Crippen LogP contribution is -2.38. The summed E-state index contributed by atoms with van der Waals surface area (Å²) in [6.45, 7) is 2.81. The zero-order valence-corrected chi connectivity index (χ0v) is 31.3. The Balaban J connectivity index is 1.12. The first kappa shape index (κ1) is 39.1. The van der Waals surface area contributed by atoms with Gasteiger partial charge in [0.25, 0.3) is 0 Å². The number of carbonyl (C=O) groups excluding carboxylic acids is 4. The van der Waals surface area contributed by atoms with E-state index in [-0.39, 0.29) is 16.9 Å². The van der Waals surface area contributed by atoms with Crippen LogP contribution >= 0.6 is 0 Å². The molecule has 0 N–H and O–H groups in total. The average Bonchev–Trinajstić information content (AvgIpc) is 3.24. The van der Waals surface area contributed by atoms with Crippen molar-refractivity contribution < 1.29 is 38.1 Å². The molecule has 8 heteroatoms. The molecule has 0 atom stereocenters. The van der Waals surface area contributed by atoms with Crippen molar-refractivity contribution in [3.8, 4) is 41.6 Å². The predicted molar refractivity (Wildman–Crippen MR) is 208 cm³/mol. The van der Waals surface area contributed by atoms with Gasteiger partial charge in [-0.1, -0.05) is 86.9 Å². The molecule has 0 spiro atoms. The van der Waals surface area contributed by atoms with Gasteiger partial charge in [-0.05, 0) is 110 Å². The molecule has 0 saturated heterocycles. The first-order valence-corrected chi connectivity index (χ1v) is 19.4. The summed E-state index contributed by atoms with van der Waals surface area (Å²) in [6, 6.07) is 20.9. The Morgan fingerprint density at radius 1 is 0.709 bits per heavy atom. The van der Waals surface area contributed by atoms with Crippen molar-refractivity contribution in [3.63, 3.8) is 0 Å². The van der Waals surface area contributed by atoms with Gasteiger partial charge in [0.2, 0.25) is 6.79 Å². The van der Waals surface area contributed by atoms with Crippen LogP contribution in [-0.2, 0) is 34.2 Å². The lowest BCUT2D eigenvalue weighted by Gasteiger charge is -2.43. The van der Waals surface area contributed by atoms with Crippen molar-refractivity contribution in [1.82, 2.24) is 0 Å². The Morgan fingerprint density at radius 2 is 1.31 bits per heavy atom. The van der Waals surface area contributed by atoms with Crippen LogP contribution in [0.15, 0.2) is 79.4 Å². The first-order valence-electron chi connectivity index (χ1n) is 19.4. The Labute approximate surface area is 324 Å². The van der Waals surface area contributed by atoms with E-state index in [0.717, 1.165) is 59.9 Å². The van der Waals surface area contributed by atoms with Gasteiger partial charge in [-0.15, -0.1) is 12.8 Å². The smallest absolute Gasteiger partial charge is 0.339 e. The summed E-state index contributed by atoms with van der Waals surface area (Å²) >= 11 is 0. The fraction of sp³-hybridized carbons (Fsp3) is 0.404. The van der Waals surface area contributed by atoms with Crippen LogP contribution in [0.5, 0.6) is 5.75 Å². The number of hydrogen-bond donors (Lipinski definition) is 0. The van der Waals surface area contributed by atoms with Crippen molar-refractivity contribution in [1.29, 1.82) is 0 Å². The maximum Gasteiger partial charge on any atom is 0.339 e. The fourth-order valence-electron chi connectivity index (χ4n) is 8.53. The molecule has 3 saturated carbocycles. The second kappa shape index (κ2) is 18.2. The molecular weight excluding hydrogens is 693 g/mol.